The molecule has 0 aliphatic heterocycles. The molecule has 13 heavy (non-hydrogen) atoms. The molecule has 0 aliphatic rings. The van der Waals surface area contributed by atoms with Gasteiger partial charge in [0, 0.05) is 5.38 Å². The average molecular weight is 199 g/mol. The second-order valence-corrected chi connectivity index (χ2v) is 3.84. The summed E-state index contributed by atoms with van der Waals surface area (Å²) in [4.78, 5) is 15.6. The molecule has 0 saturated heterocycles. The molecule has 0 saturated carbocycles. The number of hydrogen-bond donors (Lipinski definition) is 0. The Kier molecular flexibility index (Phi) is 3.42. The Labute approximate surface area is 81.8 Å². The van der Waals surface area contributed by atoms with E-state index in [0.717, 1.165) is 17.1 Å². The molecule has 1 rings (SSSR count). The predicted molar refractivity (Wildman–Crippen MR) is 51.9 cm³/mol. The zero-order valence-corrected chi connectivity index (χ0v) is 8.85. The fraction of sp³-hybridized carbons (Fsp3) is 0.556. The number of aryl methyl sites for hydroxylation is 1. The molecule has 1 aromatic rings. The molecule has 4 heteroatoms. The summed E-state index contributed by atoms with van der Waals surface area (Å²) in [5.74, 6) is -0.400. The van der Waals surface area contributed by atoms with E-state index in [1.165, 1.54) is 7.11 Å². The van der Waals surface area contributed by atoms with Crippen LogP contribution in [0.15, 0.2) is 5.38 Å². The Hall–Kier alpha value is -0.900. The second-order valence-electron chi connectivity index (χ2n) is 2.78. The molecule has 0 aliphatic carbocycles. The monoisotopic (exact) mass is 199 g/mol. The Morgan fingerprint density at radius 2 is 2.46 bits per heavy atom. The number of esters is 1. The Balaban J connectivity index is 2.84. The number of hydrogen-bond acceptors (Lipinski definition) is 4. The molecule has 1 heterocycles. The van der Waals surface area contributed by atoms with Gasteiger partial charge in [-0.1, -0.05) is 6.92 Å². The van der Waals surface area contributed by atoms with E-state index in [9.17, 15) is 4.79 Å². The van der Waals surface area contributed by atoms with Crippen LogP contribution in [0.4, 0.5) is 0 Å². The van der Waals surface area contributed by atoms with Crippen molar-refractivity contribution in [3.8, 4) is 0 Å². The lowest BCUT2D eigenvalue weighted by Crippen LogP contribution is -2.13. The summed E-state index contributed by atoms with van der Waals surface area (Å²) < 4.78 is 4.69. The smallest absolute Gasteiger partial charge is 0.314 e. The molecule has 3 nitrogen and oxygen atoms in total. The SMILES string of the molecule is CCC(C(=O)OC)c1csc(C)n1. The van der Waals surface area contributed by atoms with Crippen LogP contribution in [0.1, 0.15) is 30.0 Å². The minimum Gasteiger partial charge on any atom is -0.469 e. The van der Waals surface area contributed by atoms with Gasteiger partial charge < -0.3 is 4.74 Å². The van der Waals surface area contributed by atoms with Gasteiger partial charge in [-0.25, -0.2) is 4.98 Å². The Morgan fingerprint density at radius 1 is 1.77 bits per heavy atom. The molecule has 1 atom stereocenters. The fourth-order valence-electron chi connectivity index (χ4n) is 1.18. The third-order valence-electron chi connectivity index (χ3n) is 1.89. The van der Waals surface area contributed by atoms with Crippen molar-refractivity contribution in [2.75, 3.05) is 7.11 Å². The van der Waals surface area contributed by atoms with Crippen molar-refractivity contribution in [1.82, 2.24) is 4.98 Å². The van der Waals surface area contributed by atoms with Crippen LogP contribution in [-0.2, 0) is 9.53 Å². The third-order valence-corrected chi connectivity index (χ3v) is 2.68. The van der Waals surface area contributed by atoms with Crippen molar-refractivity contribution in [2.24, 2.45) is 0 Å². The summed E-state index contributed by atoms with van der Waals surface area (Å²) in [5.41, 5.74) is 0.830. The molecule has 0 bridgehead atoms. The zero-order chi connectivity index (χ0) is 9.84. The maximum atomic E-state index is 11.3. The molecule has 0 N–H and O–H groups in total. The molecular weight excluding hydrogens is 186 g/mol. The number of carbonyl (C=O) groups excluding carboxylic acids is 1. The number of carbonyl (C=O) groups is 1. The first-order chi connectivity index (χ1) is 6.19. The standard InChI is InChI=1S/C9H13NO2S/c1-4-7(9(11)12-3)8-5-13-6(2)10-8/h5,7H,4H2,1-3H3. The van der Waals surface area contributed by atoms with E-state index < -0.39 is 0 Å². The quantitative estimate of drug-likeness (QED) is 0.700. The summed E-state index contributed by atoms with van der Waals surface area (Å²) in [6, 6.07) is 0. The van der Waals surface area contributed by atoms with Crippen LogP contribution >= 0.6 is 11.3 Å². The number of thiazole rings is 1. The van der Waals surface area contributed by atoms with Crippen LogP contribution in [0.5, 0.6) is 0 Å². The minimum atomic E-state index is -0.201. The molecule has 72 valence electrons. The van der Waals surface area contributed by atoms with Gasteiger partial charge in [0.1, 0.15) is 0 Å². The van der Waals surface area contributed by atoms with Crippen molar-refractivity contribution >= 4 is 17.3 Å². The van der Waals surface area contributed by atoms with E-state index in [4.69, 9.17) is 4.74 Å². The topological polar surface area (TPSA) is 39.2 Å². The number of nitrogens with zero attached hydrogens (tertiary/aromatic N) is 1. The van der Waals surface area contributed by atoms with Gasteiger partial charge in [0.05, 0.1) is 23.7 Å². The van der Waals surface area contributed by atoms with Crippen molar-refractivity contribution in [1.29, 1.82) is 0 Å². The summed E-state index contributed by atoms with van der Waals surface area (Å²) in [5, 5.41) is 2.90. The van der Waals surface area contributed by atoms with Gasteiger partial charge in [-0.15, -0.1) is 11.3 Å². The van der Waals surface area contributed by atoms with Crippen molar-refractivity contribution in [3.63, 3.8) is 0 Å². The summed E-state index contributed by atoms with van der Waals surface area (Å²) in [6.07, 6.45) is 0.732. The first kappa shape index (κ1) is 10.2. The number of ether oxygens (including phenoxy) is 1. The first-order valence-electron chi connectivity index (χ1n) is 4.18. The summed E-state index contributed by atoms with van der Waals surface area (Å²) in [7, 11) is 1.41. The first-order valence-corrected chi connectivity index (χ1v) is 5.06. The van der Waals surface area contributed by atoms with E-state index >= 15 is 0 Å². The highest BCUT2D eigenvalue weighted by atomic mass is 32.1. The lowest BCUT2D eigenvalue weighted by Gasteiger charge is -2.08. The van der Waals surface area contributed by atoms with Crippen molar-refractivity contribution in [3.05, 3.63) is 16.1 Å². The van der Waals surface area contributed by atoms with Crippen LogP contribution in [0.3, 0.4) is 0 Å². The molecule has 0 radical (unpaired) electrons. The second kappa shape index (κ2) is 4.37. The molecule has 1 unspecified atom stereocenters. The maximum absolute atomic E-state index is 11.3. The minimum absolute atomic E-state index is 0.199. The Morgan fingerprint density at radius 3 is 2.85 bits per heavy atom. The Bertz CT molecular complexity index is 296. The van der Waals surface area contributed by atoms with Gasteiger partial charge in [-0.2, -0.15) is 0 Å². The number of methoxy groups -OCH3 is 1. The van der Waals surface area contributed by atoms with Gasteiger partial charge in [-0.05, 0) is 13.3 Å². The number of rotatable bonds is 3. The normalized spacial score (nSPS) is 12.5. The van der Waals surface area contributed by atoms with E-state index in [0.29, 0.717) is 0 Å². The molecule has 0 amide bonds. The largest absolute Gasteiger partial charge is 0.469 e. The molecule has 0 spiro atoms. The van der Waals surface area contributed by atoms with Gasteiger partial charge in [0.15, 0.2) is 0 Å². The highest BCUT2D eigenvalue weighted by molar-refractivity contribution is 7.09. The van der Waals surface area contributed by atoms with Crippen LogP contribution in [0.2, 0.25) is 0 Å². The molecule has 1 aromatic heterocycles. The van der Waals surface area contributed by atoms with Crippen LogP contribution in [0.25, 0.3) is 0 Å². The maximum Gasteiger partial charge on any atom is 0.314 e. The van der Waals surface area contributed by atoms with Crippen LogP contribution in [-0.4, -0.2) is 18.1 Å². The summed E-state index contributed by atoms with van der Waals surface area (Å²) in [6.45, 7) is 3.88. The van der Waals surface area contributed by atoms with Crippen molar-refractivity contribution in [2.45, 2.75) is 26.2 Å². The average Bonchev–Trinajstić information content (AvgIpc) is 2.53. The van der Waals surface area contributed by atoms with Crippen LogP contribution < -0.4 is 0 Å². The van der Waals surface area contributed by atoms with E-state index in [2.05, 4.69) is 4.98 Å². The van der Waals surface area contributed by atoms with E-state index in [1.807, 2.05) is 19.2 Å². The fourth-order valence-corrected chi connectivity index (χ4v) is 1.85. The highest BCUT2D eigenvalue weighted by Gasteiger charge is 2.21. The van der Waals surface area contributed by atoms with Gasteiger partial charge in [0.25, 0.3) is 0 Å². The summed E-state index contributed by atoms with van der Waals surface area (Å²) >= 11 is 1.56. The lowest BCUT2D eigenvalue weighted by atomic mass is 10.0. The van der Waals surface area contributed by atoms with Gasteiger partial charge in [0.2, 0.25) is 0 Å². The molecule has 0 fully saturated rings. The lowest BCUT2D eigenvalue weighted by molar-refractivity contribution is -0.142. The van der Waals surface area contributed by atoms with Gasteiger partial charge >= 0.3 is 5.97 Å². The molecular formula is C9H13NO2S. The van der Waals surface area contributed by atoms with Crippen molar-refractivity contribution < 1.29 is 9.53 Å². The van der Waals surface area contributed by atoms with E-state index in [1.54, 1.807) is 11.3 Å². The molecule has 0 aromatic carbocycles. The van der Waals surface area contributed by atoms with Crippen LogP contribution in [0, 0.1) is 6.92 Å². The highest BCUT2D eigenvalue weighted by Crippen LogP contribution is 2.22. The van der Waals surface area contributed by atoms with Gasteiger partial charge in [-0.3, -0.25) is 4.79 Å². The number of aromatic nitrogens is 1. The predicted octanol–water partition coefficient (Wildman–Crippen LogP) is 2.12. The third kappa shape index (κ3) is 2.28. The van der Waals surface area contributed by atoms with E-state index in [-0.39, 0.29) is 11.9 Å². The zero-order valence-electron chi connectivity index (χ0n) is 8.03.